The summed E-state index contributed by atoms with van der Waals surface area (Å²) in [5, 5.41) is 8.18. The van der Waals surface area contributed by atoms with Crippen LogP contribution in [0.2, 0.25) is 0 Å². The van der Waals surface area contributed by atoms with Gasteiger partial charge in [-0.05, 0) is 99.6 Å². The Balaban J connectivity index is 0.977. The van der Waals surface area contributed by atoms with E-state index in [-0.39, 0.29) is 42.2 Å². The van der Waals surface area contributed by atoms with Crippen molar-refractivity contribution in [1.82, 2.24) is 9.80 Å². The number of imide groups is 2. The van der Waals surface area contributed by atoms with Gasteiger partial charge in [-0.2, -0.15) is 0 Å². The van der Waals surface area contributed by atoms with Gasteiger partial charge < -0.3 is 4.74 Å². The summed E-state index contributed by atoms with van der Waals surface area (Å²) < 4.78 is 5.21. The summed E-state index contributed by atoms with van der Waals surface area (Å²) in [6.07, 6.45) is 9.83. The number of unbranched alkanes of at least 4 members (excludes halogenated alkanes) is 6. The van der Waals surface area contributed by atoms with Crippen LogP contribution in [0.25, 0.3) is 43.1 Å². The summed E-state index contributed by atoms with van der Waals surface area (Å²) >= 11 is 0. The van der Waals surface area contributed by atoms with E-state index < -0.39 is 18.1 Å². The van der Waals surface area contributed by atoms with Crippen molar-refractivity contribution in [2.75, 3.05) is 12.2 Å². The van der Waals surface area contributed by atoms with Gasteiger partial charge >= 0.3 is 5.97 Å². The van der Waals surface area contributed by atoms with E-state index >= 15 is 0 Å². The molecule has 10 rings (SSSR count). The Morgan fingerprint density at radius 1 is 0.591 bits per heavy atom. The number of hydrogen-bond acceptors (Lipinski definition) is 8. The summed E-state index contributed by atoms with van der Waals surface area (Å²) in [6, 6.07) is 31.8. The lowest BCUT2D eigenvalue weighted by Gasteiger charge is -2.35. The fourth-order valence-electron chi connectivity index (χ4n) is 11.1. The maximum absolute atomic E-state index is 14.6. The Hall–Kier alpha value is -6.65. The SMILES string of the molecule is CCCCCCC(CCCCCC)N1C(=O)c2ccc3c4ccc5c6c(ccc(c7ccc(c2c37)C1=O)c64)C(=O)N(Cc1ccc([C@@H]2[C@@H](C(=O)OC)[C@H](C)ON2c2ccccc2)cc1)C5=O. The minimum atomic E-state index is -0.590. The maximum atomic E-state index is 14.6. The molecule has 1 fully saturated rings. The van der Waals surface area contributed by atoms with Crippen molar-refractivity contribution in [2.24, 2.45) is 5.92 Å². The van der Waals surface area contributed by atoms with E-state index in [4.69, 9.17) is 9.57 Å². The molecule has 4 amide bonds. The minimum absolute atomic E-state index is 0.0495. The molecule has 3 atom stereocenters. The van der Waals surface area contributed by atoms with Crippen LogP contribution < -0.4 is 5.06 Å². The van der Waals surface area contributed by atoms with Crippen LogP contribution in [-0.4, -0.2) is 58.7 Å². The molecule has 0 unspecified atom stereocenters. The molecule has 336 valence electrons. The monoisotopic (exact) mass is 881 g/mol. The van der Waals surface area contributed by atoms with Crippen molar-refractivity contribution in [3.63, 3.8) is 0 Å². The number of hydrogen-bond donors (Lipinski definition) is 0. The third-order valence-electron chi connectivity index (χ3n) is 14.4. The summed E-state index contributed by atoms with van der Waals surface area (Å²) in [7, 11) is 1.38. The summed E-state index contributed by atoms with van der Waals surface area (Å²) in [5.41, 5.74) is 4.35. The Labute approximate surface area is 384 Å². The molecule has 3 aliphatic heterocycles. The zero-order valence-electron chi connectivity index (χ0n) is 38.1. The quantitative estimate of drug-likeness (QED) is 0.0310. The molecule has 3 aliphatic rings. The summed E-state index contributed by atoms with van der Waals surface area (Å²) in [5.74, 6) is -2.18. The molecular weight excluding hydrogens is 827 g/mol. The predicted octanol–water partition coefficient (Wildman–Crippen LogP) is 12.1. The number of rotatable bonds is 16. The van der Waals surface area contributed by atoms with E-state index in [0.717, 1.165) is 113 Å². The lowest BCUT2D eigenvalue weighted by molar-refractivity contribution is -0.147. The van der Waals surface area contributed by atoms with Crippen molar-refractivity contribution in [3.05, 3.63) is 137 Å². The number of carbonyl (C=O) groups is 5. The second kappa shape index (κ2) is 17.6. The number of fused-ring (bicyclic) bond motifs is 2. The first-order valence-electron chi connectivity index (χ1n) is 23.8. The van der Waals surface area contributed by atoms with Gasteiger partial charge in [-0.3, -0.25) is 38.6 Å². The zero-order chi connectivity index (χ0) is 45.8. The van der Waals surface area contributed by atoms with Crippen molar-refractivity contribution >= 4 is 78.4 Å². The van der Waals surface area contributed by atoms with E-state index in [1.807, 2.05) is 110 Å². The molecule has 0 N–H and O–H groups in total. The highest BCUT2D eigenvalue weighted by Gasteiger charge is 2.47. The van der Waals surface area contributed by atoms with Crippen molar-refractivity contribution in [2.45, 2.75) is 110 Å². The van der Waals surface area contributed by atoms with Crippen molar-refractivity contribution in [3.8, 4) is 0 Å². The van der Waals surface area contributed by atoms with E-state index in [9.17, 15) is 24.0 Å². The molecule has 3 heterocycles. The number of carbonyl (C=O) groups excluding carboxylic acids is 5. The first kappa shape index (κ1) is 43.3. The van der Waals surface area contributed by atoms with Crippen LogP contribution in [0, 0.1) is 5.92 Å². The van der Waals surface area contributed by atoms with Gasteiger partial charge in [0, 0.05) is 39.1 Å². The number of anilines is 1. The first-order valence-corrected chi connectivity index (χ1v) is 23.8. The number of para-hydroxylation sites is 1. The largest absolute Gasteiger partial charge is 0.469 e. The predicted molar refractivity (Wildman–Crippen MR) is 258 cm³/mol. The number of amides is 4. The number of hydroxylamine groups is 1. The van der Waals surface area contributed by atoms with Crippen LogP contribution in [0.15, 0.2) is 103 Å². The van der Waals surface area contributed by atoms with Crippen LogP contribution in [0.4, 0.5) is 5.69 Å². The number of esters is 1. The fourth-order valence-corrected chi connectivity index (χ4v) is 11.1. The fraction of sp³-hybridized carbons (Fsp3) is 0.339. The lowest BCUT2D eigenvalue weighted by atomic mass is 9.82. The van der Waals surface area contributed by atoms with E-state index in [2.05, 4.69) is 13.8 Å². The standard InChI is InChI=1S/C56H55N3O7/c1-5-7-9-12-16-36(17-13-10-8-6-2)58-54(62)44-30-26-40-38-24-28-42-49-43(29-25-39(47(38)49)41-27-31-45(55(58)63)50(44)48(40)41)53(61)57(52(42)60)32-34-20-22-35(23-21-34)51-46(56(64)65-4)33(3)66-59(51)37-18-14-11-15-19-37/h11,14-15,18-31,33,36,46,51H,5-10,12-13,16-17,32H2,1-4H3/t33-,46-,51+/m0/s1. The molecule has 66 heavy (non-hydrogen) atoms. The second-order valence-electron chi connectivity index (χ2n) is 18.4. The highest BCUT2D eigenvalue weighted by molar-refractivity contribution is 6.41. The number of methoxy groups -OCH3 is 1. The normalized spacial score (nSPS) is 18.4. The second-order valence-corrected chi connectivity index (χ2v) is 18.4. The maximum Gasteiger partial charge on any atom is 0.313 e. The van der Waals surface area contributed by atoms with Crippen LogP contribution >= 0.6 is 0 Å². The Kier molecular flexibility index (Phi) is 11.6. The average molecular weight is 882 g/mol. The molecule has 0 spiro atoms. The minimum Gasteiger partial charge on any atom is -0.469 e. The molecule has 10 heteroatoms. The van der Waals surface area contributed by atoms with Gasteiger partial charge in [0.05, 0.1) is 31.5 Å². The van der Waals surface area contributed by atoms with Gasteiger partial charge in [-0.15, -0.1) is 0 Å². The Bertz CT molecular complexity index is 2920. The topological polar surface area (TPSA) is 114 Å². The highest BCUT2D eigenvalue weighted by atomic mass is 16.7. The Morgan fingerprint density at radius 2 is 1.08 bits per heavy atom. The van der Waals surface area contributed by atoms with Gasteiger partial charge in [0.2, 0.25) is 0 Å². The average Bonchev–Trinajstić information content (AvgIpc) is 3.70. The molecule has 7 aromatic rings. The van der Waals surface area contributed by atoms with Gasteiger partial charge in [0.15, 0.2) is 0 Å². The highest BCUT2D eigenvalue weighted by Crippen LogP contribution is 2.47. The summed E-state index contributed by atoms with van der Waals surface area (Å²) in [4.78, 5) is 80.3. The van der Waals surface area contributed by atoms with E-state index in [0.29, 0.717) is 33.0 Å². The third kappa shape index (κ3) is 6.99. The molecule has 0 aromatic heterocycles. The molecule has 7 aromatic carbocycles. The van der Waals surface area contributed by atoms with Crippen LogP contribution in [-0.2, 0) is 20.9 Å². The molecule has 0 radical (unpaired) electrons. The van der Waals surface area contributed by atoms with Gasteiger partial charge in [-0.1, -0.05) is 132 Å². The van der Waals surface area contributed by atoms with E-state index in [1.54, 1.807) is 9.96 Å². The van der Waals surface area contributed by atoms with E-state index in [1.165, 1.54) is 12.0 Å². The van der Waals surface area contributed by atoms with Gasteiger partial charge in [0.25, 0.3) is 23.6 Å². The number of nitrogens with zero attached hydrogens (tertiary/aromatic N) is 3. The molecule has 10 nitrogen and oxygen atoms in total. The van der Waals surface area contributed by atoms with Crippen LogP contribution in [0.5, 0.6) is 0 Å². The third-order valence-corrected chi connectivity index (χ3v) is 14.4. The van der Waals surface area contributed by atoms with Crippen LogP contribution in [0.3, 0.4) is 0 Å². The number of benzene rings is 7. The molecule has 0 aliphatic carbocycles. The smallest absolute Gasteiger partial charge is 0.313 e. The zero-order valence-corrected chi connectivity index (χ0v) is 38.1. The lowest BCUT2D eigenvalue weighted by Crippen LogP contribution is -2.47. The molecule has 0 bridgehead atoms. The van der Waals surface area contributed by atoms with Gasteiger partial charge in [0.1, 0.15) is 5.92 Å². The van der Waals surface area contributed by atoms with Crippen molar-refractivity contribution < 1.29 is 33.5 Å². The van der Waals surface area contributed by atoms with Crippen LogP contribution in [0.1, 0.15) is 144 Å². The number of ether oxygens (including phenoxy) is 1. The molecule has 1 saturated heterocycles. The molecule has 0 saturated carbocycles. The Morgan fingerprint density at radius 3 is 1.55 bits per heavy atom. The molecular formula is C56H55N3O7. The summed E-state index contributed by atoms with van der Waals surface area (Å²) in [6.45, 7) is 6.28. The first-order chi connectivity index (χ1) is 32.2. The van der Waals surface area contributed by atoms with Crippen molar-refractivity contribution in [1.29, 1.82) is 0 Å². The van der Waals surface area contributed by atoms with Gasteiger partial charge in [-0.25, -0.2) is 5.06 Å².